The molecular weight excluding hydrogens is 424 g/mol. The quantitative estimate of drug-likeness (QED) is 0.606. The SMILES string of the molecule is COc1cccc(C(=O)Nc2nnc(S(=O)(=O)N3c4ccc(C)cc4C[C@@H]3C)s2)c1. The van der Waals surface area contributed by atoms with Crippen LogP contribution in [0.1, 0.15) is 28.4 Å². The van der Waals surface area contributed by atoms with Crippen molar-refractivity contribution in [2.75, 3.05) is 16.7 Å². The number of hydrogen-bond acceptors (Lipinski definition) is 7. The molecular formula is C20H20N4O4S2. The highest BCUT2D eigenvalue weighted by Crippen LogP contribution is 2.38. The largest absolute Gasteiger partial charge is 0.497 e. The molecule has 156 valence electrons. The van der Waals surface area contributed by atoms with Crippen LogP contribution in [0.2, 0.25) is 0 Å². The van der Waals surface area contributed by atoms with Gasteiger partial charge in [0.2, 0.25) is 5.13 Å². The zero-order chi connectivity index (χ0) is 21.5. The maximum absolute atomic E-state index is 13.2. The number of anilines is 2. The molecule has 10 heteroatoms. The van der Waals surface area contributed by atoms with E-state index in [4.69, 9.17) is 4.74 Å². The number of ether oxygens (including phenoxy) is 1. The van der Waals surface area contributed by atoms with Crippen LogP contribution in [-0.2, 0) is 16.4 Å². The minimum absolute atomic E-state index is 0.109. The van der Waals surface area contributed by atoms with Crippen LogP contribution < -0.4 is 14.4 Å². The highest BCUT2D eigenvalue weighted by Gasteiger charge is 2.38. The third-order valence-corrected chi connectivity index (χ3v) is 7.94. The second-order valence-corrected chi connectivity index (χ2v) is 10.0. The van der Waals surface area contributed by atoms with Gasteiger partial charge in [-0.05, 0) is 50.1 Å². The second kappa shape index (κ2) is 7.69. The van der Waals surface area contributed by atoms with E-state index in [0.717, 1.165) is 22.5 Å². The number of benzene rings is 2. The van der Waals surface area contributed by atoms with Crippen molar-refractivity contribution in [3.8, 4) is 5.75 Å². The van der Waals surface area contributed by atoms with Crippen molar-refractivity contribution in [2.24, 2.45) is 0 Å². The maximum atomic E-state index is 13.2. The Balaban J connectivity index is 1.58. The van der Waals surface area contributed by atoms with Crippen molar-refractivity contribution < 1.29 is 17.9 Å². The fourth-order valence-electron chi connectivity index (χ4n) is 3.48. The van der Waals surface area contributed by atoms with Crippen LogP contribution in [0.15, 0.2) is 46.8 Å². The molecule has 0 fully saturated rings. The highest BCUT2D eigenvalue weighted by molar-refractivity contribution is 7.94. The van der Waals surface area contributed by atoms with Crippen molar-refractivity contribution in [3.63, 3.8) is 0 Å². The zero-order valence-electron chi connectivity index (χ0n) is 16.6. The van der Waals surface area contributed by atoms with Crippen molar-refractivity contribution in [1.82, 2.24) is 10.2 Å². The summed E-state index contributed by atoms with van der Waals surface area (Å²) >= 11 is 0.824. The number of hydrogen-bond donors (Lipinski definition) is 1. The standard InChI is InChI=1S/C20H20N4O4S2/c1-12-7-8-17-15(9-12)10-13(2)24(17)30(26,27)20-23-22-19(29-20)21-18(25)14-5-4-6-16(11-14)28-3/h4-9,11,13H,10H2,1-3H3,(H,21,22,25)/t13-/m0/s1. The molecule has 0 bridgehead atoms. The number of sulfonamides is 1. The molecule has 1 atom stereocenters. The first kappa shape index (κ1) is 20.3. The van der Waals surface area contributed by atoms with Crippen LogP contribution in [0, 0.1) is 6.92 Å². The molecule has 0 radical (unpaired) electrons. The van der Waals surface area contributed by atoms with E-state index in [1.54, 1.807) is 24.3 Å². The maximum Gasteiger partial charge on any atom is 0.293 e. The molecule has 30 heavy (non-hydrogen) atoms. The Hall–Kier alpha value is -2.98. The third kappa shape index (κ3) is 3.63. The molecule has 2 aromatic carbocycles. The molecule has 1 aromatic heterocycles. The predicted molar refractivity (Wildman–Crippen MR) is 115 cm³/mol. The van der Waals surface area contributed by atoms with E-state index in [1.807, 2.05) is 32.0 Å². The van der Waals surface area contributed by atoms with E-state index in [0.29, 0.717) is 23.4 Å². The van der Waals surface area contributed by atoms with Crippen molar-refractivity contribution in [2.45, 2.75) is 30.6 Å². The Morgan fingerprint density at radius 1 is 1.23 bits per heavy atom. The molecule has 0 unspecified atom stereocenters. The molecule has 0 aliphatic carbocycles. The van der Waals surface area contributed by atoms with Gasteiger partial charge in [0.05, 0.1) is 12.8 Å². The Kier molecular flexibility index (Phi) is 5.20. The number of nitrogens with one attached hydrogen (secondary N) is 1. The summed E-state index contributed by atoms with van der Waals surface area (Å²) in [5.74, 6) is 0.115. The first-order valence-electron chi connectivity index (χ1n) is 9.22. The average Bonchev–Trinajstić information content (AvgIpc) is 3.31. The van der Waals surface area contributed by atoms with Gasteiger partial charge >= 0.3 is 0 Å². The topological polar surface area (TPSA) is 101 Å². The number of aromatic nitrogens is 2. The monoisotopic (exact) mass is 444 g/mol. The van der Waals surface area contributed by atoms with Crippen LogP contribution in [0.3, 0.4) is 0 Å². The van der Waals surface area contributed by atoms with E-state index in [-0.39, 0.29) is 15.5 Å². The number of aryl methyl sites for hydroxylation is 1. The van der Waals surface area contributed by atoms with Gasteiger partial charge in [-0.1, -0.05) is 35.1 Å². The minimum atomic E-state index is -3.90. The van der Waals surface area contributed by atoms with E-state index >= 15 is 0 Å². The first-order chi connectivity index (χ1) is 14.3. The van der Waals surface area contributed by atoms with Gasteiger partial charge in [0.25, 0.3) is 20.3 Å². The van der Waals surface area contributed by atoms with Crippen molar-refractivity contribution >= 4 is 38.1 Å². The molecule has 1 N–H and O–H groups in total. The van der Waals surface area contributed by atoms with Crippen molar-refractivity contribution in [1.29, 1.82) is 0 Å². The molecule has 0 saturated heterocycles. The van der Waals surface area contributed by atoms with E-state index < -0.39 is 15.9 Å². The molecule has 0 spiro atoms. The number of methoxy groups -OCH3 is 1. The number of nitrogens with zero attached hydrogens (tertiary/aromatic N) is 3. The number of carbonyl (C=O) groups is 1. The average molecular weight is 445 g/mol. The van der Waals surface area contributed by atoms with Crippen LogP contribution in [0.5, 0.6) is 5.75 Å². The molecule has 1 amide bonds. The second-order valence-electron chi connectivity index (χ2n) is 7.05. The van der Waals surface area contributed by atoms with Crippen LogP contribution in [0.25, 0.3) is 0 Å². The van der Waals surface area contributed by atoms with Gasteiger partial charge in [-0.15, -0.1) is 10.2 Å². The lowest BCUT2D eigenvalue weighted by Crippen LogP contribution is -2.35. The Morgan fingerprint density at radius 3 is 2.80 bits per heavy atom. The lowest BCUT2D eigenvalue weighted by Gasteiger charge is -2.22. The van der Waals surface area contributed by atoms with E-state index in [1.165, 1.54) is 11.4 Å². The van der Waals surface area contributed by atoms with Gasteiger partial charge in [0, 0.05) is 11.6 Å². The van der Waals surface area contributed by atoms with Gasteiger partial charge in [-0.2, -0.15) is 8.42 Å². The van der Waals surface area contributed by atoms with E-state index in [9.17, 15) is 13.2 Å². The summed E-state index contributed by atoms with van der Waals surface area (Å²) in [6.07, 6.45) is 0.633. The normalized spacial score (nSPS) is 15.7. The Labute approximate surface area is 178 Å². The fourth-order valence-corrected chi connectivity index (χ4v) is 6.15. The molecule has 4 rings (SSSR count). The molecule has 0 saturated carbocycles. The highest BCUT2D eigenvalue weighted by atomic mass is 32.2. The zero-order valence-corrected chi connectivity index (χ0v) is 18.3. The summed E-state index contributed by atoms with van der Waals surface area (Å²) in [6, 6.07) is 12.1. The molecule has 1 aliphatic rings. The van der Waals surface area contributed by atoms with Crippen molar-refractivity contribution in [3.05, 3.63) is 59.2 Å². The lowest BCUT2D eigenvalue weighted by atomic mass is 10.1. The van der Waals surface area contributed by atoms with E-state index in [2.05, 4.69) is 15.5 Å². The summed E-state index contributed by atoms with van der Waals surface area (Å²) in [5, 5.41) is 10.4. The third-order valence-electron chi connectivity index (χ3n) is 4.83. The van der Waals surface area contributed by atoms with Gasteiger partial charge in [-0.3, -0.25) is 14.4 Å². The van der Waals surface area contributed by atoms with Gasteiger partial charge in [0.1, 0.15) is 5.75 Å². The molecule has 1 aliphatic heterocycles. The molecule has 3 aromatic rings. The fraction of sp³-hybridized carbons (Fsp3) is 0.250. The predicted octanol–water partition coefficient (Wildman–Crippen LogP) is 3.25. The Morgan fingerprint density at radius 2 is 2.03 bits per heavy atom. The van der Waals surface area contributed by atoms with Crippen LogP contribution in [0.4, 0.5) is 10.8 Å². The number of carbonyl (C=O) groups excluding carboxylic acids is 1. The number of amides is 1. The van der Waals surface area contributed by atoms with Gasteiger partial charge < -0.3 is 4.74 Å². The summed E-state index contributed by atoms with van der Waals surface area (Å²) in [4.78, 5) is 12.5. The number of rotatable bonds is 5. The van der Waals surface area contributed by atoms with Gasteiger partial charge in [0.15, 0.2) is 0 Å². The smallest absolute Gasteiger partial charge is 0.293 e. The van der Waals surface area contributed by atoms with Crippen LogP contribution >= 0.6 is 11.3 Å². The summed E-state index contributed by atoms with van der Waals surface area (Å²) in [5.41, 5.74) is 3.09. The Bertz CT molecular complexity index is 1220. The lowest BCUT2D eigenvalue weighted by molar-refractivity contribution is 0.102. The van der Waals surface area contributed by atoms with Crippen LogP contribution in [-0.4, -0.2) is 37.7 Å². The summed E-state index contributed by atoms with van der Waals surface area (Å²) in [7, 11) is -2.39. The number of fused-ring (bicyclic) bond motifs is 1. The van der Waals surface area contributed by atoms with Gasteiger partial charge in [-0.25, -0.2) is 0 Å². The minimum Gasteiger partial charge on any atom is -0.497 e. The summed E-state index contributed by atoms with van der Waals surface area (Å²) in [6.45, 7) is 3.84. The summed E-state index contributed by atoms with van der Waals surface area (Å²) < 4.78 is 32.8. The molecule has 2 heterocycles. The molecule has 8 nitrogen and oxygen atoms in total. The first-order valence-corrected chi connectivity index (χ1v) is 11.5.